The number of hydrogen-bond donors (Lipinski definition) is 2. The highest BCUT2D eigenvalue weighted by Gasteiger charge is 2.25. The lowest BCUT2D eigenvalue weighted by molar-refractivity contribution is -0.142. The molecule has 0 bridgehead atoms. The molecule has 0 saturated carbocycles. The van der Waals surface area contributed by atoms with E-state index in [1.807, 2.05) is 12.1 Å². The SMILES string of the molecule is Cc1ccc(Nc2cc(N3CCC(C(=O)O)CC3)ncn2)cc1C. The standard InChI is InChI=1S/C18H22N4O2/c1-12-3-4-15(9-13(12)2)21-16-10-17(20-11-19-16)22-7-5-14(6-8-22)18(23)24/h3-4,9-11,14H,5-8H2,1-2H3,(H,23,24)(H,19,20,21). The van der Waals surface area contributed by atoms with Gasteiger partial charge in [-0.2, -0.15) is 0 Å². The summed E-state index contributed by atoms with van der Waals surface area (Å²) in [7, 11) is 0. The first-order valence-electron chi connectivity index (χ1n) is 8.17. The number of aromatic nitrogens is 2. The van der Waals surface area contributed by atoms with Crippen LogP contribution in [-0.4, -0.2) is 34.1 Å². The van der Waals surface area contributed by atoms with Crippen molar-refractivity contribution in [3.8, 4) is 0 Å². The van der Waals surface area contributed by atoms with Crippen LogP contribution in [0.3, 0.4) is 0 Å². The van der Waals surface area contributed by atoms with Crippen molar-refractivity contribution in [1.29, 1.82) is 0 Å². The second-order valence-electron chi connectivity index (χ2n) is 6.29. The number of hydrogen-bond acceptors (Lipinski definition) is 5. The number of aryl methyl sites for hydroxylation is 2. The number of piperidine rings is 1. The topological polar surface area (TPSA) is 78.4 Å². The van der Waals surface area contributed by atoms with Crippen LogP contribution in [-0.2, 0) is 4.79 Å². The van der Waals surface area contributed by atoms with Gasteiger partial charge in [-0.15, -0.1) is 0 Å². The van der Waals surface area contributed by atoms with E-state index in [1.165, 1.54) is 11.1 Å². The average molecular weight is 326 g/mol. The Hall–Kier alpha value is -2.63. The van der Waals surface area contributed by atoms with Crippen LogP contribution in [0.15, 0.2) is 30.6 Å². The van der Waals surface area contributed by atoms with E-state index in [4.69, 9.17) is 5.11 Å². The molecule has 1 fully saturated rings. The molecule has 0 spiro atoms. The zero-order chi connectivity index (χ0) is 17.1. The Morgan fingerprint density at radius 3 is 2.58 bits per heavy atom. The maximum absolute atomic E-state index is 11.1. The Balaban J connectivity index is 1.70. The smallest absolute Gasteiger partial charge is 0.306 e. The number of rotatable bonds is 4. The van der Waals surface area contributed by atoms with E-state index in [9.17, 15) is 4.79 Å². The number of nitrogens with zero attached hydrogens (tertiary/aromatic N) is 3. The lowest BCUT2D eigenvalue weighted by Crippen LogP contribution is -2.36. The van der Waals surface area contributed by atoms with Gasteiger partial charge in [-0.3, -0.25) is 4.79 Å². The molecular formula is C18H22N4O2. The summed E-state index contributed by atoms with van der Waals surface area (Å²) in [6.45, 7) is 5.58. The molecule has 2 heterocycles. The quantitative estimate of drug-likeness (QED) is 0.899. The first-order valence-corrected chi connectivity index (χ1v) is 8.17. The van der Waals surface area contributed by atoms with E-state index in [0.717, 1.165) is 17.3 Å². The van der Waals surface area contributed by atoms with Crippen LogP contribution >= 0.6 is 0 Å². The van der Waals surface area contributed by atoms with Gasteiger partial charge in [0.05, 0.1) is 5.92 Å². The fraction of sp³-hybridized carbons (Fsp3) is 0.389. The van der Waals surface area contributed by atoms with Gasteiger partial charge >= 0.3 is 5.97 Å². The molecule has 126 valence electrons. The summed E-state index contributed by atoms with van der Waals surface area (Å²) in [5.74, 6) is 0.634. The fourth-order valence-electron chi connectivity index (χ4n) is 2.91. The molecule has 0 aliphatic carbocycles. The van der Waals surface area contributed by atoms with Crippen LogP contribution in [0.25, 0.3) is 0 Å². The molecule has 1 aliphatic rings. The van der Waals surface area contributed by atoms with Crippen molar-refractivity contribution in [3.63, 3.8) is 0 Å². The van der Waals surface area contributed by atoms with Crippen molar-refractivity contribution in [1.82, 2.24) is 9.97 Å². The highest BCUT2D eigenvalue weighted by Crippen LogP contribution is 2.24. The Morgan fingerprint density at radius 2 is 1.92 bits per heavy atom. The molecule has 0 radical (unpaired) electrons. The molecule has 6 nitrogen and oxygen atoms in total. The van der Waals surface area contributed by atoms with Gasteiger partial charge in [-0.25, -0.2) is 9.97 Å². The highest BCUT2D eigenvalue weighted by molar-refractivity contribution is 5.70. The van der Waals surface area contributed by atoms with Crippen LogP contribution in [0.5, 0.6) is 0 Å². The largest absolute Gasteiger partial charge is 0.481 e. The Bertz CT molecular complexity index is 740. The normalized spacial score (nSPS) is 15.3. The van der Waals surface area contributed by atoms with Crippen molar-refractivity contribution in [2.24, 2.45) is 5.92 Å². The number of aliphatic carboxylic acids is 1. The van der Waals surface area contributed by atoms with Crippen molar-refractivity contribution in [3.05, 3.63) is 41.7 Å². The molecule has 24 heavy (non-hydrogen) atoms. The predicted molar refractivity (Wildman–Crippen MR) is 93.8 cm³/mol. The highest BCUT2D eigenvalue weighted by atomic mass is 16.4. The molecule has 0 atom stereocenters. The summed E-state index contributed by atoms with van der Waals surface area (Å²) in [5.41, 5.74) is 3.47. The second-order valence-corrected chi connectivity index (χ2v) is 6.29. The molecule has 0 unspecified atom stereocenters. The van der Waals surface area contributed by atoms with Crippen LogP contribution < -0.4 is 10.2 Å². The molecule has 6 heteroatoms. The number of carboxylic acids is 1. The molecule has 3 rings (SSSR count). The lowest BCUT2D eigenvalue weighted by atomic mass is 9.97. The Kier molecular flexibility index (Phi) is 4.64. The molecule has 1 saturated heterocycles. The van der Waals surface area contributed by atoms with Crippen molar-refractivity contribution in [2.45, 2.75) is 26.7 Å². The number of carbonyl (C=O) groups is 1. The summed E-state index contributed by atoms with van der Waals surface area (Å²) in [5, 5.41) is 12.4. The third-order valence-corrected chi connectivity index (χ3v) is 4.60. The lowest BCUT2D eigenvalue weighted by Gasteiger charge is -2.31. The fourth-order valence-corrected chi connectivity index (χ4v) is 2.91. The number of anilines is 3. The van der Waals surface area contributed by atoms with E-state index >= 15 is 0 Å². The van der Waals surface area contributed by atoms with Gasteiger partial charge in [-0.1, -0.05) is 6.07 Å². The monoisotopic (exact) mass is 326 g/mol. The van der Waals surface area contributed by atoms with E-state index in [2.05, 4.69) is 46.2 Å². The minimum Gasteiger partial charge on any atom is -0.481 e. The van der Waals surface area contributed by atoms with Crippen LogP contribution in [0.2, 0.25) is 0 Å². The van der Waals surface area contributed by atoms with E-state index in [1.54, 1.807) is 6.33 Å². The Labute approximate surface area is 141 Å². The summed E-state index contributed by atoms with van der Waals surface area (Å²) in [4.78, 5) is 21.8. The van der Waals surface area contributed by atoms with E-state index in [0.29, 0.717) is 25.9 Å². The van der Waals surface area contributed by atoms with E-state index in [-0.39, 0.29) is 5.92 Å². The molecule has 0 amide bonds. The third-order valence-electron chi connectivity index (χ3n) is 4.60. The van der Waals surface area contributed by atoms with Crippen molar-refractivity contribution < 1.29 is 9.90 Å². The summed E-state index contributed by atoms with van der Waals surface area (Å²) in [6, 6.07) is 8.12. The third kappa shape index (κ3) is 3.64. The zero-order valence-electron chi connectivity index (χ0n) is 14.0. The average Bonchev–Trinajstić information content (AvgIpc) is 2.58. The van der Waals surface area contributed by atoms with Gasteiger partial charge in [0.15, 0.2) is 0 Å². The first kappa shape index (κ1) is 16.2. The molecule has 2 N–H and O–H groups in total. The molecule has 1 aromatic heterocycles. The Morgan fingerprint density at radius 1 is 1.17 bits per heavy atom. The summed E-state index contributed by atoms with van der Waals surface area (Å²) in [6.07, 6.45) is 2.85. The predicted octanol–water partition coefficient (Wildman–Crippen LogP) is 3.14. The maximum atomic E-state index is 11.1. The van der Waals surface area contributed by atoms with Crippen LogP contribution in [0.4, 0.5) is 17.3 Å². The van der Waals surface area contributed by atoms with Gasteiger partial charge in [0.25, 0.3) is 0 Å². The van der Waals surface area contributed by atoms with Gasteiger partial charge < -0.3 is 15.3 Å². The number of benzene rings is 1. The minimum atomic E-state index is -0.700. The van der Waals surface area contributed by atoms with Gasteiger partial charge in [0, 0.05) is 24.8 Å². The van der Waals surface area contributed by atoms with Crippen LogP contribution in [0, 0.1) is 19.8 Å². The van der Waals surface area contributed by atoms with Gasteiger partial charge in [-0.05, 0) is 49.9 Å². The van der Waals surface area contributed by atoms with Gasteiger partial charge in [0.2, 0.25) is 0 Å². The first-order chi connectivity index (χ1) is 11.5. The zero-order valence-corrected chi connectivity index (χ0v) is 14.0. The molecule has 1 aliphatic heterocycles. The van der Waals surface area contributed by atoms with Crippen molar-refractivity contribution in [2.75, 3.05) is 23.3 Å². The minimum absolute atomic E-state index is 0.240. The molecule has 1 aromatic carbocycles. The molecule has 2 aromatic rings. The van der Waals surface area contributed by atoms with Gasteiger partial charge in [0.1, 0.15) is 18.0 Å². The second kappa shape index (κ2) is 6.86. The summed E-state index contributed by atoms with van der Waals surface area (Å²) < 4.78 is 0. The maximum Gasteiger partial charge on any atom is 0.306 e. The number of carboxylic acid groups (broad SMARTS) is 1. The van der Waals surface area contributed by atoms with Crippen LogP contribution in [0.1, 0.15) is 24.0 Å². The summed E-state index contributed by atoms with van der Waals surface area (Å²) >= 11 is 0. The van der Waals surface area contributed by atoms with E-state index < -0.39 is 5.97 Å². The number of nitrogens with one attached hydrogen (secondary N) is 1. The van der Waals surface area contributed by atoms with Crippen molar-refractivity contribution >= 4 is 23.3 Å². The molecular weight excluding hydrogens is 304 g/mol.